The summed E-state index contributed by atoms with van der Waals surface area (Å²) < 4.78 is 11.3. The minimum atomic E-state index is -0.496. The molecule has 0 bridgehead atoms. The Bertz CT molecular complexity index is 810. The maximum atomic E-state index is 11.8. The first kappa shape index (κ1) is 19.0. The molecule has 6 nitrogen and oxygen atoms in total. The van der Waals surface area contributed by atoms with Crippen LogP contribution in [-0.2, 0) is 4.74 Å². The van der Waals surface area contributed by atoms with Crippen molar-refractivity contribution in [2.24, 2.45) is 5.41 Å². The molecule has 2 aromatic rings. The Morgan fingerprint density at radius 2 is 2.00 bits per heavy atom. The molecule has 1 aromatic carbocycles. The molecule has 1 saturated carbocycles. The number of aromatic nitrogens is 1. The summed E-state index contributed by atoms with van der Waals surface area (Å²) in [6, 6.07) is 9.63. The second-order valence-electron chi connectivity index (χ2n) is 8.18. The van der Waals surface area contributed by atoms with Crippen LogP contribution in [0, 0.1) is 5.41 Å². The van der Waals surface area contributed by atoms with Gasteiger partial charge in [-0.2, -0.15) is 0 Å². The summed E-state index contributed by atoms with van der Waals surface area (Å²) in [5.74, 6) is 0.707. The molecule has 27 heavy (non-hydrogen) atoms. The zero-order valence-electron chi connectivity index (χ0n) is 16.1. The van der Waals surface area contributed by atoms with E-state index in [0.717, 1.165) is 24.0 Å². The fourth-order valence-electron chi connectivity index (χ4n) is 2.73. The van der Waals surface area contributed by atoms with Crippen LogP contribution in [-0.4, -0.2) is 29.8 Å². The summed E-state index contributed by atoms with van der Waals surface area (Å²) >= 11 is 0. The third-order valence-corrected chi connectivity index (χ3v) is 4.44. The molecule has 1 aromatic heterocycles. The predicted octanol–water partition coefficient (Wildman–Crippen LogP) is 4.01. The number of amides is 1. The zero-order chi connectivity index (χ0) is 19.5. The lowest BCUT2D eigenvalue weighted by molar-refractivity contribution is 0.0509. The lowest BCUT2D eigenvalue weighted by Gasteiger charge is -2.22. The predicted molar refractivity (Wildman–Crippen MR) is 105 cm³/mol. The molecule has 0 aliphatic heterocycles. The summed E-state index contributed by atoms with van der Waals surface area (Å²) in [6.45, 7) is 6.63. The van der Waals surface area contributed by atoms with Crippen LogP contribution in [0.2, 0.25) is 0 Å². The fraction of sp³-hybridized carbons (Fsp3) is 0.429. The van der Waals surface area contributed by atoms with Gasteiger partial charge in [0.15, 0.2) is 0 Å². The average molecular weight is 369 g/mol. The molecule has 0 spiro atoms. The van der Waals surface area contributed by atoms with E-state index >= 15 is 0 Å². The highest BCUT2D eigenvalue weighted by Crippen LogP contribution is 2.45. The first-order valence-corrected chi connectivity index (χ1v) is 9.15. The van der Waals surface area contributed by atoms with Gasteiger partial charge >= 0.3 is 6.09 Å². The summed E-state index contributed by atoms with van der Waals surface area (Å²) in [4.78, 5) is 16.1. The molecule has 6 heteroatoms. The molecule has 1 aliphatic rings. The third kappa shape index (κ3) is 5.61. The largest absolute Gasteiger partial charge is 0.491 e. The van der Waals surface area contributed by atoms with Gasteiger partial charge in [0.1, 0.15) is 11.4 Å². The van der Waals surface area contributed by atoms with Crippen LogP contribution in [0.25, 0.3) is 11.1 Å². The van der Waals surface area contributed by atoms with Crippen LogP contribution in [0.15, 0.2) is 42.7 Å². The molecule has 3 N–H and O–H groups in total. The van der Waals surface area contributed by atoms with Crippen molar-refractivity contribution in [3.8, 4) is 16.9 Å². The molecule has 1 heterocycles. The Morgan fingerprint density at radius 3 is 2.67 bits per heavy atom. The maximum Gasteiger partial charge on any atom is 0.407 e. The standard InChI is InChI=1S/C21H27N3O3/c1-20(2,3)27-19(25)24-13-21(7-8-21)14-26-18-10-16(11-23-12-18)15-5-4-6-17(22)9-15/h4-6,9-12H,7-8,13-14,22H2,1-3H3,(H,24,25). The minimum Gasteiger partial charge on any atom is -0.491 e. The number of ether oxygens (including phenoxy) is 2. The van der Waals surface area contributed by atoms with Crippen molar-refractivity contribution < 1.29 is 14.3 Å². The Hall–Kier alpha value is -2.76. The van der Waals surface area contributed by atoms with Gasteiger partial charge < -0.3 is 20.5 Å². The van der Waals surface area contributed by atoms with Crippen molar-refractivity contribution in [1.82, 2.24) is 10.3 Å². The number of rotatable bonds is 6. The highest BCUT2D eigenvalue weighted by molar-refractivity contribution is 5.68. The van der Waals surface area contributed by atoms with E-state index in [1.54, 1.807) is 12.4 Å². The Morgan fingerprint density at radius 1 is 1.22 bits per heavy atom. The quantitative estimate of drug-likeness (QED) is 0.751. The number of nitrogens with two attached hydrogens (primary N) is 1. The first-order chi connectivity index (χ1) is 12.7. The van der Waals surface area contributed by atoms with Gasteiger partial charge in [-0.1, -0.05) is 12.1 Å². The third-order valence-electron chi connectivity index (χ3n) is 4.44. The lowest BCUT2D eigenvalue weighted by atomic mass is 10.1. The fourth-order valence-corrected chi connectivity index (χ4v) is 2.73. The highest BCUT2D eigenvalue weighted by atomic mass is 16.6. The number of pyridine rings is 1. The van der Waals surface area contributed by atoms with E-state index in [-0.39, 0.29) is 11.5 Å². The number of carbonyl (C=O) groups excluding carboxylic acids is 1. The van der Waals surface area contributed by atoms with E-state index in [0.29, 0.717) is 24.6 Å². The first-order valence-electron chi connectivity index (χ1n) is 9.15. The Kier molecular flexibility index (Phi) is 5.26. The van der Waals surface area contributed by atoms with Gasteiger partial charge in [0.25, 0.3) is 0 Å². The second-order valence-corrected chi connectivity index (χ2v) is 8.18. The van der Waals surface area contributed by atoms with E-state index in [2.05, 4.69) is 10.3 Å². The molecule has 1 aliphatic carbocycles. The minimum absolute atomic E-state index is 0.0237. The van der Waals surface area contributed by atoms with Crippen molar-refractivity contribution >= 4 is 11.8 Å². The van der Waals surface area contributed by atoms with Gasteiger partial charge in [-0.3, -0.25) is 4.98 Å². The number of benzene rings is 1. The van der Waals surface area contributed by atoms with Gasteiger partial charge in [0.05, 0.1) is 12.8 Å². The number of alkyl carbamates (subject to hydrolysis) is 1. The summed E-state index contributed by atoms with van der Waals surface area (Å²) in [6.07, 6.45) is 5.14. The summed E-state index contributed by atoms with van der Waals surface area (Å²) in [7, 11) is 0. The van der Waals surface area contributed by atoms with E-state index in [1.165, 1.54) is 0 Å². The van der Waals surface area contributed by atoms with E-state index in [9.17, 15) is 4.79 Å². The van der Waals surface area contributed by atoms with Crippen molar-refractivity contribution in [2.45, 2.75) is 39.2 Å². The number of carbonyl (C=O) groups is 1. The maximum absolute atomic E-state index is 11.8. The monoisotopic (exact) mass is 369 g/mol. The second kappa shape index (κ2) is 7.47. The summed E-state index contributed by atoms with van der Waals surface area (Å²) in [5.41, 5.74) is 8.01. The van der Waals surface area contributed by atoms with Gasteiger partial charge in [0.2, 0.25) is 0 Å². The van der Waals surface area contributed by atoms with Crippen LogP contribution in [0.1, 0.15) is 33.6 Å². The van der Waals surface area contributed by atoms with Crippen molar-refractivity contribution in [3.63, 3.8) is 0 Å². The van der Waals surface area contributed by atoms with Gasteiger partial charge in [-0.15, -0.1) is 0 Å². The molecule has 144 valence electrons. The number of nitrogens with zero attached hydrogens (tertiary/aromatic N) is 1. The van der Waals surface area contributed by atoms with Crippen LogP contribution in [0.4, 0.5) is 10.5 Å². The Labute approximate surface area is 160 Å². The lowest BCUT2D eigenvalue weighted by Crippen LogP contribution is -2.37. The molecule has 0 unspecified atom stereocenters. The number of hydrogen-bond donors (Lipinski definition) is 2. The molecule has 0 radical (unpaired) electrons. The van der Waals surface area contributed by atoms with Crippen molar-refractivity contribution in [2.75, 3.05) is 18.9 Å². The highest BCUT2D eigenvalue weighted by Gasteiger charge is 2.44. The van der Waals surface area contributed by atoms with Crippen LogP contribution < -0.4 is 15.8 Å². The molecule has 1 fully saturated rings. The number of nitrogens with one attached hydrogen (secondary N) is 1. The Balaban J connectivity index is 1.55. The van der Waals surface area contributed by atoms with E-state index < -0.39 is 5.60 Å². The summed E-state index contributed by atoms with van der Waals surface area (Å²) in [5, 5.41) is 2.85. The topological polar surface area (TPSA) is 86.5 Å². The van der Waals surface area contributed by atoms with Crippen LogP contribution >= 0.6 is 0 Å². The molecule has 3 rings (SSSR count). The molecular weight excluding hydrogens is 342 g/mol. The number of nitrogen functional groups attached to an aromatic ring is 1. The van der Waals surface area contributed by atoms with Gasteiger partial charge in [-0.05, 0) is 57.4 Å². The van der Waals surface area contributed by atoms with Crippen molar-refractivity contribution in [1.29, 1.82) is 0 Å². The smallest absolute Gasteiger partial charge is 0.407 e. The van der Waals surface area contributed by atoms with E-state index in [4.69, 9.17) is 15.2 Å². The molecule has 0 saturated heterocycles. The molecule has 0 atom stereocenters. The van der Waals surface area contributed by atoms with E-state index in [1.807, 2.05) is 51.1 Å². The van der Waals surface area contributed by atoms with Crippen LogP contribution in [0.5, 0.6) is 5.75 Å². The van der Waals surface area contributed by atoms with Gasteiger partial charge in [-0.25, -0.2) is 4.79 Å². The van der Waals surface area contributed by atoms with Gasteiger partial charge in [0, 0.05) is 29.4 Å². The normalized spacial score (nSPS) is 15.1. The number of hydrogen-bond acceptors (Lipinski definition) is 5. The molecule has 1 amide bonds. The van der Waals surface area contributed by atoms with Crippen LogP contribution in [0.3, 0.4) is 0 Å². The molecular formula is C21H27N3O3. The SMILES string of the molecule is CC(C)(C)OC(=O)NCC1(COc2cncc(-c3cccc(N)c3)c2)CC1. The number of anilines is 1. The average Bonchev–Trinajstić information content (AvgIpc) is 3.38. The zero-order valence-corrected chi connectivity index (χ0v) is 16.1. The van der Waals surface area contributed by atoms with Crippen molar-refractivity contribution in [3.05, 3.63) is 42.7 Å².